The second-order valence-electron chi connectivity index (χ2n) is 11.1. The fourth-order valence-electron chi connectivity index (χ4n) is 6.31. The number of amides is 1. The van der Waals surface area contributed by atoms with E-state index in [0.29, 0.717) is 29.1 Å². The molecule has 0 aliphatic carbocycles. The van der Waals surface area contributed by atoms with Gasteiger partial charge in [0.25, 0.3) is 5.91 Å². The lowest BCUT2D eigenvalue weighted by atomic mass is 9.98. The van der Waals surface area contributed by atoms with Crippen LogP contribution >= 0.6 is 0 Å². The molecule has 0 radical (unpaired) electrons. The minimum absolute atomic E-state index is 0.0678. The van der Waals surface area contributed by atoms with Crippen LogP contribution in [0, 0.1) is 0 Å². The summed E-state index contributed by atoms with van der Waals surface area (Å²) in [7, 11) is -3.67. The third-order valence-electron chi connectivity index (χ3n) is 8.71. The van der Waals surface area contributed by atoms with Crippen LogP contribution in [0.3, 0.4) is 0 Å². The number of nitrogens with zero attached hydrogens (tertiary/aromatic N) is 4. The van der Waals surface area contributed by atoms with Gasteiger partial charge in [0, 0.05) is 69.3 Å². The highest BCUT2D eigenvalue weighted by molar-refractivity contribution is 7.91. The third kappa shape index (κ3) is 5.56. The van der Waals surface area contributed by atoms with Crippen molar-refractivity contribution in [3.05, 3.63) is 78.1 Å². The predicted molar refractivity (Wildman–Crippen MR) is 154 cm³/mol. The highest BCUT2D eigenvalue weighted by Gasteiger charge is 2.34. The van der Waals surface area contributed by atoms with E-state index in [1.165, 1.54) is 6.07 Å². The summed E-state index contributed by atoms with van der Waals surface area (Å²) in [6.07, 6.45) is 5.29. The van der Waals surface area contributed by atoms with Gasteiger partial charge in [-0.3, -0.25) is 19.6 Å². The second-order valence-corrected chi connectivity index (χ2v) is 13.1. The van der Waals surface area contributed by atoms with Crippen molar-refractivity contribution in [1.82, 2.24) is 19.7 Å². The summed E-state index contributed by atoms with van der Waals surface area (Å²) in [5, 5.41) is 0. The maximum atomic E-state index is 13.2. The lowest BCUT2D eigenvalue weighted by molar-refractivity contribution is 0.0135. The number of piperidine rings is 1. The fourth-order valence-corrected chi connectivity index (χ4v) is 7.59. The van der Waals surface area contributed by atoms with Gasteiger partial charge in [0.15, 0.2) is 11.5 Å². The molecule has 1 amide bonds. The number of fused-ring (bicyclic) bond motifs is 1. The normalized spacial score (nSPS) is 21.1. The molecule has 3 aromatic rings. The van der Waals surface area contributed by atoms with Crippen LogP contribution < -0.4 is 9.47 Å². The first kappa shape index (κ1) is 27.7. The van der Waals surface area contributed by atoms with Crippen molar-refractivity contribution >= 4 is 15.7 Å². The van der Waals surface area contributed by atoms with Gasteiger partial charge >= 0.3 is 0 Å². The molecule has 0 saturated carbocycles. The standard InChI is InChI=1S/C31H36N4O5S/c1-22-20-34(26-11-14-33(15-12-26)31(36)25-4-3-13-32-19-25)16-17-35(22)23(2)24-5-7-27(8-6-24)41(37,38)28-9-10-29-30(18-28)40-21-39-29/h3-10,13,18-19,22-23,26H,11-12,14-17,20-21H2,1-2H3/t22-,23+/m1/s1. The van der Waals surface area contributed by atoms with E-state index in [2.05, 4.69) is 28.6 Å². The van der Waals surface area contributed by atoms with E-state index in [0.717, 1.165) is 51.1 Å². The molecule has 4 heterocycles. The molecule has 3 aliphatic heterocycles. The maximum Gasteiger partial charge on any atom is 0.255 e. The molecule has 3 aliphatic rings. The van der Waals surface area contributed by atoms with Crippen molar-refractivity contribution in [2.75, 3.05) is 39.5 Å². The molecule has 6 rings (SSSR count). The number of rotatable bonds is 6. The summed E-state index contributed by atoms with van der Waals surface area (Å²) in [4.78, 5) is 24.4. The number of hydrogen-bond donors (Lipinski definition) is 0. The Bertz CT molecular complexity index is 1490. The summed E-state index contributed by atoms with van der Waals surface area (Å²) in [6.45, 7) is 8.99. The molecule has 0 bridgehead atoms. The van der Waals surface area contributed by atoms with Gasteiger partial charge in [0.2, 0.25) is 16.6 Å². The van der Waals surface area contributed by atoms with Crippen LogP contribution in [0.15, 0.2) is 76.8 Å². The van der Waals surface area contributed by atoms with E-state index >= 15 is 0 Å². The van der Waals surface area contributed by atoms with E-state index in [9.17, 15) is 13.2 Å². The summed E-state index contributed by atoms with van der Waals surface area (Å²) in [5.41, 5.74) is 1.75. The van der Waals surface area contributed by atoms with Crippen LogP contribution in [-0.2, 0) is 9.84 Å². The van der Waals surface area contributed by atoms with Gasteiger partial charge in [-0.1, -0.05) is 12.1 Å². The Morgan fingerprint density at radius 3 is 2.39 bits per heavy atom. The van der Waals surface area contributed by atoms with E-state index in [1.54, 1.807) is 42.7 Å². The van der Waals surface area contributed by atoms with Crippen molar-refractivity contribution in [1.29, 1.82) is 0 Å². The lowest BCUT2D eigenvalue weighted by Crippen LogP contribution is -2.57. The average molecular weight is 577 g/mol. The SMILES string of the molecule is C[C@@H]1CN(C2CCN(C(=O)c3cccnc3)CC2)CCN1[C@@H](C)c1ccc(S(=O)(=O)c2ccc3c(c2)OCO3)cc1. The van der Waals surface area contributed by atoms with Crippen molar-refractivity contribution in [2.24, 2.45) is 0 Å². The largest absolute Gasteiger partial charge is 0.454 e. The summed E-state index contributed by atoms with van der Waals surface area (Å²) in [6, 6.07) is 16.6. The van der Waals surface area contributed by atoms with Crippen LogP contribution in [0.1, 0.15) is 48.7 Å². The third-order valence-corrected chi connectivity index (χ3v) is 10.5. The Labute approximate surface area is 241 Å². The van der Waals surface area contributed by atoms with E-state index in [4.69, 9.17) is 9.47 Å². The second kappa shape index (κ2) is 11.4. The molecule has 2 saturated heterocycles. The van der Waals surface area contributed by atoms with Gasteiger partial charge in [0.1, 0.15) is 0 Å². The number of hydrogen-bond acceptors (Lipinski definition) is 8. The average Bonchev–Trinajstić information content (AvgIpc) is 3.49. The Morgan fingerprint density at radius 1 is 0.951 bits per heavy atom. The van der Waals surface area contributed by atoms with Gasteiger partial charge < -0.3 is 14.4 Å². The number of sulfone groups is 1. The maximum absolute atomic E-state index is 13.2. The van der Waals surface area contributed by atoms with Gasteiger partial charge in [-0.2, -0.15) is 0 Å². The Balaban J connectivity index is 1.05. The number of ether oxygens (including phenoxy) is 2. The Hall–Kier alpha value is -3.47. The number of carbonyl (C=O) groups is 1. The van der Waals surface area contributed by atoms with Crippen molar-refractivity contribution < 1.29 is 22.7 Å². The van der Waals surface area contributed by atoms with E-state index in [1.807, 2.05) is 23.1 Å². The first-order valence-corrected chi connectivity index (χ1v) is 15.7. The molecule has 216 valence electrons. The molecular weight excluding hydrogens is 540 g/mol. The number of aromatic nitrogens is 1. The zero-order valence-electron chi connectivity index (χ0n) is 23.5. The predicted octanol–water partition coefficient (Wildman–Crippen LogP) is 4.02. The number of likely N-dealkylation sites (tertiary alicyclic amines) is 1. The highest BCUT2D eigenvalue weighted by atomic mass is 32.2. The Morgan fingerprint density at radius 2 is 1.68 bits per heavy atom. The topological polar surface area (TPSA) is 92.3 Å². The van der Waals surface area contributed by atoms with E-state index in [-0.39, 0.29) is 28.5 Å². The van der Waals surface area contributed by atoms with Gasteiger partial charge in [-0.05, 0) is 68.7 Å². The molecule has 0 spiro atoms. The minimum Gasteiger partial charge on any atom is -0.454 e. The molecular formula is C31H36N4O5S. The van der Waals surface area contributed by atoms with Crippen LogP contribution in [0.25, 0.3) is 0 Å². The summed E-state index contributed by atoms with van der Waals surface area (Å²) < 4.78 is 37.2. The van der Waals surface area contributed by atoms with Gasteiger partial charge in [0.05, 0.1) is 15.4 Å². The molecule has 2 fully saturated rings. The molecule has 2 aromatic carbocycles. The molecule has 41 heavy (non-hydrogen) atoms. The number of piperazine rings is 1. The van der Waals surface area contributed by atoms with Gasteiger partial charge in [-0.25, -0.2) is 8.42 Å². The molecule has 10 heteroatoms. The summed E-state index contributed by atoms with van der Waals surface area (Å²) in [5.74, 6) is 1.08. The van der Waals surface area contributed by atoms with Crippen LogP contribution in [0.4, 0.5) is 0 Å². The smallest absolute Gasteiger partial charge is 0.255 e. The molecule has 2 atom stereocenters. The quantitative estimate of drug-likeness (QED) is 0.435. The van der Waals surface area contributed by atoms with Gasteiger partial charge in [-0.15, -0.1) is 0 Å². The van der Waals surface area contributed by atoms with E-state index < -0.39 is 9.84 Å². The van der Waals surface area contributed by atoms with Crippen molar-refractivity contribution in [3.8, 4) is 11.5 Å². The zero-order chi connectivity index (χ0) is 28.6. The minimum atomic E-state index is -3.67. The molecule has 1 aromatic heterocycles. The lowest BCUT2D eigenvalue weighted by Gasteiger charge is -2.47. The first-order valence-electron chi connectivity index (χ1n) is 14.2. The zero-order valence-corrected chi connectivity index (χ0v) is 24.3. The number of pyridine rings is 1. The molecule has 0 unspecified atom stereocenters. The van der Waals surface area contributed by atoms with Crippen molar-refractivity contribution in [2.45, 2.75) is 54.6 Å². The fraction of sp³-hybridized carbons (Fsp3) is 0.419. The monoisotopic (exact) mass is 576 g/mol. The first-order chi connectivity index (χ1) is 19.8. The van der Waals surface area contributed by atoms with Crippen molar-refractivity contribution in [3.63, 3.8) is 0 Å². The highest BCUT2D eigenvalue weighted by Crippen LogP contribution is 2.36. The number of benzene rings is 2. The molecule has 9 nitrogen and oxygen atoms in total. The van der Waals surface area contributed by atoms with Crippen LogP contribution in [0.5, 0.6) is 11.5 Å². The number of carbonyl (C=O) groups excluding carboxylic acids is 1. The Kier molecular flexibility index (Phi) is 7.72. The summed E-state index contributed by atoms with van der Waals surface area (Å²) >= 11 is 0. The van der Waals surface area contributed by atoms with Crippen LogP contribution in [-0.4, -0.2) is 85.6 Å². The van der Waals surface area contributed by atoms with Crippen LogP contribution in [0.2, 0.25) is 0 Å². The molecule has 0 N–H and O–H groups in total.